The molecule has 1 saturated heterocycles. The highest BCUT2D eigenvalue weighted by molar-refractivity contribution is 7.10. The summed E-state index contributed by atoms with van der Waals surface area (Å²) >= 11 is 1.67. The Morgan fingerprint density at radius 3 is 2.95 bits per heavy atom. The van der Waals surface area contributed by atoms with Crippen molar-refractivity contribution in [3.05, 3.63) is 22.4 Å². The van der Waals surface area contributed by atoms with Gasteiger partial charge < -0.3 is 15.3 Å². The Bertz CT molecular complexity index is 429. The summed E-state index contributed by atoms with van der Waals surface area (Å²) in [6, 6.07) is 4.09. The molecule has 5 heteroatoms. The van der Waals surface area contributed by atoms with Gasteiger partial charge in [0.2, 0.25) is 0 Å². The first-order chi connectivity index (χ1) is 9.66. The molecule has 0 unspecified atom stereocenters. The molecular weight excluding hydrogens is 272 g/mol. The number of nitrogens with one attached hydrogen (secondary N) is 1. The molecular formula is C15H24N2O2S. The number of aliphatic hydroxyl groups is 1. The summed E-state index contributed by atoms with van der Waals surface area (Å²) in [5, 5.41) is 14.8. The zero-order valence-electron chi connectivity index (χ0n) is 12.3. The van der Waals surface area contributed by atoms with E-state index in [1.807, 2.05) is 23.3 Å². The number of hydrogen-bond acceptors (Lipinski definition) is 3. The standard InChI is InChI=1S/C15H24N2O2S/c1-3-12(13-7-5-10-20-13)16-14(19)17-9-6-8-15(17,4-2)11-18/h5,7,10,12,18H,3-4,6,8-9,11H2,1-2H3,(H,16,19)/t12-,15-/m1/s1. The second kappa shape index (κ2) is 6.59. The molecule has 0 saturated carbocycles. The fraction of sp³-hybridized carbons (Fsp3) is 0.667. The fourth-order valence-electron chi connectivity index (χ4n) is 2.99. The monoisotopic (exact) mass is 296 g/mol. The lowest BCUT2D eigenvalue weighted by Crippen LogP contribution is -2.53. The van der Waals surface area contributed by atoms with Crippen molar-refractivity contribution in [2.75, 3.05) is 13.2 Å². The molecule has 0 bridgehead atoms. The lowest BCUT2D eigenvalue weighted by atomic mass is 9.94. The van der Waals surface area contributed by atoms with Gasteiger partial charge in [0.05, 0.1) is 18.2 Å². The molecule has 1 aromatic rings. The van der Waals surface area contributed by atoms with Crippen LogP contribution in [0.3, 0.4) is 0 Å². The van der Waals surface area contributed by atoms with Crippen molar-refractivity contribution in [1.29, 1.82) is 0 Å². The van der Waals surface area contributed by atoms with Crippen LogP contribution in [0.5, 0.6) is 0 Å². The third kappa shape index (κ3) is 2.83. The number of likely N-dealkylation sites (tertiary alicyclic amines) is 1. The van der Waals surface area contributed by atoms with Crippen molar-refractivity contribution in [1.82, 2.24) is 10.2 Å². The largest absolute Gasteiger partial charge is 0.394 e. The number of aliphatic hydroxyl groups excluding tert-OH is 1. The molecule has 0 aromatic carbocycles. The minimum absolute atomic E-state index is 0.0429. The zero-order chi connectivity index (χ0) is 14.6. The first kappa shape index (κ1) is 15.3. The van der Waals surface area contributed by atoms with Crippen LogP contribution in [0.1, 0.15) is 50.4 Å². The van der Waals surface area contributed by atoms with E-state index < -0.39 is 0 Å². The van der Waals surface area contributed by atoms with E-state index in [9.17, 15) is 9.90 Å². The van der Waals surface area contributed by atoms with Crippen LogP contribution in [-0.4, -0.2) is 34.7 Å². The normalized spacial score (nSPS) is 23.9. The first-order valence-corrected chi connectivity index (χ1v) is 8.27. The minimum Gasteiger partial charge on any atom is -0.394 e. The Labute approximate surface area is 124 Å². The van der Waals surface area contributed by atoms with Crippen LogP contribution in [0.4, 0.5) is 4.79 Å². The predicted molar refractivity (Wildman–Crippen MR) is 81.9 cm³/mol. The summed E-state index contributed by atoms with van der Waals surface area (Å²) in [4.78, 5) is 15.6. The van der Waals surface area contributed by atoms with E-state index >= 15 is 0 Å². The number of carbonyl (C=O) groups excluding carboxylic acids is 1. The number of rotatable bonds is 5. The topological polar surface area (TPSA) is 52.6 Å². The maximum atomic E-state index is 12.6. The van der Waals surface area contributed by atoms with Gasteiger partial charge in [0.25, 0.3) is 0 Å². The smallest absolute Gasteiger partial charge is 0.318 e. The number of nitrogens with zero attached hydrogens (tertiary/aromatic N) is 1. The third-order valence-electron chi connectivity index (χ3n) is 4.39. The number of urea groups is 1. The van der Waals surface area contributed by atoms with Gasteiger partial charge in [-0.3, -0.25) is 0 Å². The van der Waals surface area contributed by atoms with Crippen LogP contribution in [0.15, 0.2) is 17.5 Å². The summed E-state index contributed by atoms with van der Waals surface area (Å²) in [5.74, 6) is 0. The molecule has 1 aliphatic heterocycles. The molecule has 2 heterocycles. The van der Waals surface area contributed by atoms with E-state index in [2.05, 4.69) is 18.3 Å². The Hall–Kier alpha value is -1.07. The van der Waals surface area contributed by atoms with Crippen molar-refractivity contribution in [2.24, 2.45) is 0 Å². The van der Waals surface area contributed by atoms with Gasteiger partial charge in [0, 0.05) is 11.4 Å². The Balaban J connectivity index is 2.07. The van der Waals surface area contributed by atoms with E-state index in [4.69, 9.17) is 0 Å². The van der Waals surface area contributed by atoms with E-state index in [1.165, 1.54) is 4.88 Å². The highest BCUT2D eigenvalue weighted by Crippen LogP contribution is 2.32. The van der Waals surface area contributed by atoms with Gasteiger partial charge in [0.1, 0.15) is 0 Å². The van der Waals surface area contributed by atoms with Crippen LogP contribution in [0.2, 0.25) is 0 Å². The van der Waals surface area contributed by atoms with Crippen molar-refractivity contribution in [2.45, 2.75) is 51.1 Å². The molecule has 2 atom stereocenters. The molecule has 2 amide bonds. The van der Waals surface area contributed by atoms with E-state index in [0.29, 0.717) is 0 Å². The molecule has 2 N–H and O–H groups in total. The molecule has 1 fully saturated rings. The molecule has 1 aliphatic rings. The minimum atomic E-state index is -0.363. The van der Waals surface area contributed by atoms with Gasteiger partial charge in [-0.1, -0.05) is 19.9 Å². The van der Waals surface area contributed by atoms with E-state index in [0.717, 1.165) is 32.2 Å². The summed E-state index contributed by atoms with van der Waals surface area (Å²) in [5.41, 5.74) is -0.363. The number of amides is 2. The Morgan fingerprint density at radius 2 is 2.40 bits per heavy atom. The SMILES string of the molecule is CC[C@@H](NC(=O)N1CCC[C@]1(CC)CO)c1cccs1. The number of carbonyl (C=O) groups is 1. The summed E-state index contributed by atoms with van der Waals surface area (Å²) in [6.07, 6.45) is 3.53. The lowest BCUT2D eigenvalue weighted by Gasteiger charge is -2.37. The number of hydrogen-bond donors (Lipinski definition) is 2. The van der Waals surface area contributed by atoms with E-state index in [1.54, 1.807) is 11.3 Å². The van der Waals surface area contributed by atoms with Crippen LogP contribution in [0, 0.1) is 0 Å². The molecule has 0 spiro atoms. The summed E-state index contributed by atoms with van der Waals surface area (Å²) in [7, 11) is 0. The van der Waals surface area contributed by atoms with Crippen LogP contribution in [-0.2, 0) is 0 Å². The first-order valence-electron chi connectivity index (χ1n) is 7.39. The van der Waals surface area contributed by atoms with Gasteiger partial charge in [-0.25, -0.2) is 4.79 Å². The Kier molecular flexibility index (Phi) is 5.05. The highest BCUT2D eigenvalue weighted by Gasteiger charge is 2.42. The zero-order valence-corrected chi connectivity index (χ0v) is 13.1. The maximum absolute atomic E-state index is 12.6. The molecule has 112 valence electrons. The van der Waals surface area contributed by atoms with Gasteiger partial charge >= 0.3 is 6.03 Å². The second-order valence-electron chi connectivity index (χ2n) is 5.42. The molecule has 0 radical (unpaired) electrons. The van der Waals surface area contributed by atoms with Crippen molar-refractivity contribution in [3.8, 4) is 0 Å². The second-order valence-corrected chi connectivity index (χ2v) is 6.40. The molecule has 1 aromatic heterocycles. The van der Waals surface area contributed by atoms with Gasteiger partial charge in [-0.05, 0) is 37.1 Å². The molecule has 2 rings (SSSR count). The molecule has 4 nitrogen and oxygen atoms in total. The van der Waals surface area contributed by atoms with Crippen molar-refractivity contribution in [3.63, 3.8) is 0 Å². The average Bonchev–Trinajstić information content (AvgIpc) is 3.13. The third-order valence-corrected chi connectivity index (χ3v) is 5.37. The van der Waals surface area contributed by atoms with Crippen LogP contribution in [0.25, 0.3) is 0 Å². The lowest BCUT2D eigenvalue weighted by molar-refractivity contribution is 0.0796. The van der Waals surface area contributed by atoms with Gasteiger partial charge in [0.15, 0.2) is 0 Å². The van der Waals surface area contributed by atoms with Crippen LogP contribution < -0.4 is 5.32 Å². The molecule has 20 heavy (non-hydrogen) atoms. The Morgan fingerprint density at radius 1 is 1.60 bits per heavy atom. The summed E-state index contributed by atoms with van der Waals surface area (Å²) in [6.45, 7) is 4.90. The van der Waals surface area contributed by atoms with Crippen molar-refractivity contribution >= 4 is 17.4 Å². The summed E-state index contributed by atoms with van der Waals surface area (Å²) < 4.78 is 0. The van der Waals surface area contributed by atoms with Crippen LogP contribution >= 0.6 is 11.3 Å². The van der Waals surface area contributed by atoms with E-state index in [-0.39, 0.29) is 24.2 Å². The quantitative estimate of drug-likeness (QED) is 0.877. The average molecular weight is 296 g/mol. The van der Waals surface area contributed by atoms with Gasteiger partial charge in [-0.2, -0.15) is 0 Å². The highest BCUT2D eigenvalue weighted by atomic mass is 32.1. The van der Waals surface area contributed by atoms with Crippen molar-refractivity contribution < 1.29 is 9.90 Å². The van der Waals surface area contributed by atoms with Gasteiger partial charge in [-0.15, -0.1) is 11.3 Å². The maximum Gasteiger partial charge on any atom is 0.318 e. The fourth-order valence-corrected chi connectivity index (χ4v) is 3.85. The number of thiophene rings is 1. The predicted octanol–water partition coefficient (Wildman–Crippen LogP) is 3.15. The molecule has 0 aliphatic carbocycles.